The van der Waals surface area contributed by atoms with Crippen LogP contribution in [0.1, 0.15) is 19.4 Å². The van der Waals surface area contributed by atoms with Gasteiger partial charge >= 0.3 is 0 Å². The maximum atomic E-state index is 5.80. The fourth-order valence-corrected chi connectivity index (χ4v) is 2.36. The molecule has 0 radical (unpaired) electrons. The number of nitrogens with zero attached hydrogens (tertiary/aromatic N) is 1. The smallest absolute Gasteiger partial charge is 0.164 e. The van der Waals surface area contributed by atoms with E-state index in [1.54, 1.807) is 21.3 Å². The summed E-state index contributed by atoms with van der Waals surface area (Å²) in [6.45, 7) is 6.64. The molecule has 0 bridgehead atoms. The number of hydrogen-bond donors (Lipinski definition) is 1. The molecule has 5 nitrogen and oxygen atoms in total. The van der Waals surface area contributed by atoms with Gasteiger partial charge in [0, 0.05) is 24.7 Å². The third kappa shape index (κ3) is 4.79. The van der Waals surface area contributed by atoms with E-state index in [2.05, 4.69) is 25.8 Å². The van der Waals surface area contributed by atoms with Gasteiger partial charge in [0.1, 0.15) is 5.75 Å². The fourth-order valence-electron chi connectivity index (χ4n) is 2.36. The van der Waals surface area contributed by atoms with E-state index in [1.807, 2.05) is 12.1 Å². The molecule has 1 aromatic carbocycles. The van der Waals surface area contributed by atoms with E-state index >= 15 is 0 Å². The molecule has 0 unspecified atom stereocenters. The first-order valence-corrected chi connectivity index (χ1v) is 7.04. The molecule has 2 N–H and O–H groups in total. The van der Waals surface area contributed by atoms with Crippen molar-refractivity contribution in [2.45, 2.75) is 20.4 Å². The summed E-state index contributed by atoms with van der Waals surface area (Å²) < 4.78 is 16.1. The molecule has 1 aromatic rings. The summed E-state index contributed by atoms with van der Waals surface area (Å²) in [4.78, 5) is 2.23. The van der Waals surface area contributed by atoms with Crippen LogP contribution in [0.5, 0.6) is 17.2 Å². The molecule has 0 heterocycles. The van der Waals surface area contributed by atoms with Crippen molar-refractivity contribution in [2.75, 3.05) is 41.5 Å². The lowest BCUT2D eigenvalue weighted by molar-refractivity contribution is 0.207. The third-order valence-corrected chi connectivity index (χ3v) is 3.48. The van der Waals surface area contributed by atoms with Crippen molar-refractivity contribution in [3.8, 4) is 17.2 Å². The number of hydrogen-bond acceptors (Lipinski definition) is 5. The van der Waals surface area contributed by atoms with Crippen LogP contribution in [0.25, 0.3) is 0 Å². The maximum Gasteiger partial charge on any atom is 0.164 e. The molecule has 0 aliphatic carbocycles. The lowest BCUT2D eigenvalue weighted by Crippen LogP contribution is -2.36. The zero-order valence-electron chi connectivity index (χ0n) is 14.0. The number of benzene rings is 1. The molecule has 0 aliphatic rings. The Kier molecular flexibility index (Phi) is 6.30. The molecule has 0 spiro atoms. The molecule has 120 valence electrons. The third-order valence-electron chi connectivity index (χ3n) is 3.48. The fraction of sp³-hybridized carbons (Fsp3) is 0.625. The molecule has 1 rings (SSSR count). The van der Waals surface area contributed by atoms with Crippen LogP contribution in [0.4, 0.5) is 0 Å². The summed E-state index contributed by atoms with van der Waals surface area (Å²) in [5.74, 6) is 2.17. The molecule has 0 amide bonds. The average Bonchev–Trinajstić information content (AvgIpc) is 2.46. The van der Waals surface area contributed by atoms with Gasteiger partial charge in [0.25, 0.3) is 0 Å². The van der Waals surface area contributed by atoms with E-state index in [-0.39, 0.29) is 5.41 Å². The van der Waals surface area contributed by atoms with Gasteiger partial charge < -0.3 is 24.8 Å². The second-order valence-corrected chi connectivity index (χ2v) is 6.06. The number of ether oxygens (including phenoxy) is 3. The van der Waals surface area contributed by atoms with Crippen molar-refractivity contribution in [1.82, 2.24) is 4.90 Å². The highest BCUT2D eigenvalue weighted by Crippen LogP contribution is 2.35. The van der Waals surface area contributed by atoms with Crippen molar-refractivity contribution in [3.63, 3.8) is 0 Å². The van der Waals surface area contributed by atoms with Gasteiger partial charge in [-0.25, -0.2) is 0 Å². The molecule has 0 aromatic heterocycles. The van der Waals surface area contributed by atoms with E-state index in [9.17, 15) is 0 Å². The Balaban J connectivity index is 2.96. The normalized spacial score (nSPS) is 11.6. The number of rotatable bonds is 8. The highest BCUT2D eigenvalue weighted by atomic mass is 16.5. The first-order valence-electron chi connectivity index (χ1n) is 7.04. The van der Waals surface area contributed by atoms with Gasteiger partial charge in [-0.05, 0) is 25.1 Å². The van der Waals surface area contributed by atoms with Crippen LogP contribution in [-0.2, 0) is 6.54 Å². The van der Waals surface area contributed by atoms with Gasteiger partial charge in [0.05, 0.1) is 21.3 Å². The standard InChI is InChI=1S/C16H28N2O3/c1-16(2,10-17)11-18(3)9-12-7-14(20-5)15(21-6)8-13(12)19-4/h7-8H,9-11,17H2,1-6H3. The zero-order chi connectivity index (χ0) is 16.0. The van der Waals surface area contributed by atoms with Crippen molar-refractivity contribution < 1.29 is 14.2 Å². The van der Waals surface area contributed by atoms with Gasteiger partial charge in [0.2, 0.25) is 0 Å². The molecule has 0 saturated heterocycles. The Hall–Kier alpha value is -1.46. The van der Waals surface area contributed by atoms with Crippen LogP contribution >= 0.6 is 0 Å². The van der Waals surface area contributed by atoms with Gasteiger partial charge in [-0.3, -0.25) is 0 Å². The van der Waals surface area contributed by atoms with Crippen LogP contribution in [0.2, 0.25) is 0 Å². The zero-order valence-corrected chi connectivity index (χ0v) is 14.0. The molecule has 21 heavy (non-hydrogen) atoms. The number of nitrogens with two attached hydrogens (primary N) is 1. The van der Waals surface area contributed by atoms with Crippen LogP contribution < -0.4 is 19.9 Å². The van der Waals surface area contributed by atoms with E-state index in [0.717, 1.165) is 24.4 Å². The van der Waals surface area contributed by atoms with E-state index in [1.165, 1.54) is 0 Å². The van der Waals surface area contributed by atoms with Gasteiger partial charge in [-0.2, -0.15) is 0 Å². The lowest BCUT2D eigenvalue weighted by atomic mass is 9.93. The average molecular weight is 296 g/mol. The second-order valence-electron chi connectivity index (χ2n) is 6.06. The topological polar surface area (TPSA) is 57.0 Å². The summed E-state index contributed by atoms with van der Waals surface area (Å²) in [5, 5.41) is 0. The van der Waals surface area contributed by atoms with E-state index < -0.39 is 0 Å². The van der Waals surface area contributed by atoms with E-state index in [0.29, 0.717) is 18.0 Å². The minimum Gasteiger partial charge on any atom is -0.496 e. The van der Waals surface area contributed by atoms with Gasteiger partial charge in [-0.15, -0.1) is 0 Å². The molecular weight excluding hydrogens is 268 g/mol. The van der Waals surface area contributed by atoms with E-state index in [4.69, 9.17) is 19.9 Å². The predicted molar refractivity (Wildman–Crippen MR) is 85.3 cm³/mol. The predicted octanol–water partition coefficient (Wildman–Crippen LogP) is 2.13. The molecule has 0 saturated carbocycles. The first kappa shape index (κ1) is 17.6. The maximum absolute atomic E-state index is 5.80. The van der Waals surface area contributed by atoms with Crippen molar-refractivity contribution in [1.29, 1.82) is 0 Å². The Bertz CT molecular complexity index is 461. The SMILES string of the molecule is COc1cc(OC)c(OC)cc1CN(C)CC(C)(C)CN. The molecule has 0 fully saturated rings. The first-order chi connectivity index (χ1) is 9.86. The molecular formula is C16H28N2O3. The summed E-state index contributed by atoms with van der Waals surface area (Å²) in [5.41, 5.74) is 6.94. The van der Waals surface area contributed by atoms with Crippen molar-refractivity contribution in [2.24, 2.45) is 11.1 Å². The number of methoxy groups -OCH3 is 3. The van der Waals surface area contributed by atoms with Gasteiger partial charge in [0.15, 0.2) is 11.5 Å². The van der Waals surface area contributed by atoms with Crippen LogP contribution in [0, 0.1) is 5.41 Å². The van der Waals surface area contributed by atoms with Crippen LogP contribution in [0.15, 0.2) is 12.1 Å². The van der Waals surface area contributed by atoms with Crippen molar-refractivity contribution >= 4 is 0 Å². The quantitative estimate of drug-likeness (QED) is 0.796. The Labute approximate surface area is 128 Å². The molecule has 5 heteroatoms. The highest BCUT2D eigenvalue weighted by Gasteiger charge is 2.20. The van der Waals surface area contributed by atoms with Gasteiger partial charge in [-0.1, -0.05) is 13.8 Å². The second kappa shape index (κ2) is 7.52. The monoisotopic (exact) mass is 296 g/mol. The Morgan fingerprint density at radius 1 is 1.00 bits per heavy atom. The molecule has 0 aliphatic heterocycles. The minimum atomic E-state index is 0.0819. The minimum absolute atomic E-state index is 0.0819. The summed E-state index contributed by atoms with van der Waals surface area (Å²) in [6.07, 6.45) is 0. The Morgan fingerprint density at radius 2 is 1.52 bits per heavy atom. The lowest BCUT2D eigenvalue weighted by Gasteiger charge is -2.29. The Morgan fingerprint density at radius 3 is 2.00 bits per heavy atom. The van der Waals surface area contributed by atoms with Crippen LogP contribution in [0.3, 0.4) is 0 Å². The summed E-state index contributed by atoms with van der Waals surface area (Å²) in [7, 11) is 6.99. The summed E-state index contributed by atoms with van der Waals surface area (Å²) >= 11 is 0. The molecule has 0 atom stereocenters. The van der Waals surface area contributed by atoms with Crippen LogP contribution in [-0.4, -0.2) is 46.4 Å². The highest BCUT2D eigenvalue weighted by molar-refractivity contribution is 5.50. The largest absolute Gasteiger partial charge is 0.496 e. The summed E-state index contributed by atoms with van der Waals surface area (Å²) in [6, 6.07) is 3.82. The van der Waals surface area contributed by atoms with Crippen molar-refractivity contribution in [3.05, 3.63) is 17.7 Å².